The third kappa shape index (κ3) is 3.56. The van der Waals surface area contributed by atoms with Crippen LogP contribution in [0.2, 0.25) is 0 Å². The number of nitrogens with one attached hydrogen (secondary N) is 1. The molecular weight excluding hydrogens is 340 g/mol. The Balaban J connectivity index is 1.29. The first-order valence-electron chi connectivity index (χ1n) is 10.7. The van der Waals surface area contributed by atoms with E-state index < -0.39 is 0 Å². The third-order valence-corrected chi connectivity index (χ3v) is 7.03. The number of fused-ring (bicyclic) bond motifs is 1. The number of rotatable bonds is 4. The Hall–Kier alpha value is -1.69. The molecule has 1 spiro atoms. The van der Waals surface area contributed by atoms with Crippen LogP contribution < -0.4 is 10.9 Å². The van der Waals surface area contributed by atoms with Gasteiger partial charge in [-0.25, -0.2) is 0 Å². The number of amides is 1. The molecule has 146 valence electrons. The molecule has 0 aromatic carbocycles. The van der Waals surface area contributed by atoms with Crippen molar-refractivity contribution in [1.29, 1.82) is 0 Å². The van der Waals surface area contributed by atoms with Crippen molar-refractivity contribution in [2.75, 3.05) is 19.6 Å². The lowest BCUT2D eigenvalue weighted by molar-refractivity contribution is 0.0925. The summed E-state index contributed by atoms with van der Waals surface area (Å²) in [5.74, 6) is 1.54. The van der Waals surface area contributed by atoms with Crippen molar-refractivity contribution in [3.05, 3.63) is 27.9 Å². The number of hydrogen-bond donors (Lipinski definition) is 1. The second-order valence-corrected chi connectivity index (χ2v) is 9.42. The molecule has 0 radical (unpaired) electrons. The van der Waals surface area contributed by atoms with E-state index in [1.54, 1.807) is 6.20 Å². The molecule has 1 saturated heterocycles. The number of nitrogens with zero attached hydrogens (tertiary/aromatic N) is 3. The van der Waals surface area contributed by atoms with Gasteiger partial charge in [0.05, 0.1) is 0 Å². The van der Waals surface area contributed by atoms with E-state index in [9.17, 15) is 9.59 Å². The van der Waals surface area contributed by atoms with Crippen molar-refractivity contribution < 1.29 is 4.79 Å². The van der Waals surface area contributed by atoms with E-state index in [-0.39, 0.29) is 28.5 Å². The second-order valence-electron chi connectivity index (χ2n) is 9.42. The largest absolute Gasteiger partial charge is 0.349 e. The van der Waals surface area contributed by atoms with Crippen LogP contribution in [0.3, 0.4) is 0 Å². The van der Waals surface area contributed by atoms with Gasteiger partial charge < -0.3 is 14.8 Å². The van der Waals surface area contributed by atoms with Crippen molar-refractivity contribution in [3.8, 4) is 0 Å². The van der Waals surface area contributed by atoms with Gasteiger partial charge in [-0.15, -0.1) is 0 Å². The summed E-state index contributed by atoms with van der Waals surface area (Å²) in [6, 6.07) is 0.209. The Morgan fingerprint density at radius 2 is 2.00 bits per heavy atom. The fourth-order valence-electron chi connectivity index (χ4n) is 5.35. The minimum absolute atomic E-state index is 0.208. The molecule has 1 amide bonds. The maximum atomic E-state index is 12.7. The van der Waals surface area contributed by atoms with Crippen LogP contribution in [-0.4, -0.2) is 46.0 Å². The van der Waals surface area contributed by atoms with E-state index in [0.717, 1.165) is 63.5 Å². The normalized spacial score (nSPS) is 28.6. The van der Waals surface area contributed by atoms with Crippen LogP contribution >= 0.6 is 0 Å². The summed E-state index contributed by atoms with van der Waals surface area (Å²) >= 11 is 0. The summed E-state index contributed by atoms with van der Waals surface area (Å²) < 4.78 is 2.08. The van der Waals surface area contributed by atoms with Crippen molar-refractivity contribution in [2.24, 2.45) is 11.3 Å². The van der Waals surface area contributed by atoms with Gasteiger partial charge in [0.15, 0.2) is 0 Å². The zero-order valence-electron chi connectivity index (χ0n) is 16.1. The molecule has 1 atom stereocenters. The number of carbonyl (C=O) groups is 1. The first-order valence-corrected chi connectivity index (χ1v) is 10.7. The van der Waals surface area contributed by atoms with Crippen LogP contribution in [-0.2, 0) is 13.0 Å². The van der Waals surface area contributed by atoms with Crippen LogP contribution in [0.1, 0.15) is 67.5 Å². The van der Waals surface area contributed by atoms with Gasteiger partial charge in [-0.2, -0.15) is 4.98 Å². The van der Waals surface area contributed by atoms with E-state index >= 15 is 0 Å². The molecule has 6 heteroatoms. The summed E-state index contributed by atoms with van der Waals surface area (Å²) in [5.41, 5.74) is 0.0634. The minimum Gasteiger partial charge on any atom is -0.349 e. The molecule has 5 rings (SSSR count). The lowest BCUT2D eigenvalue weighted by Gasteiger charge is -2.23. The molecule has 1 aromatic heterocycles. The van der Waals surface area contributed by atoms with Crippen LogP contribution in [0.15, 0.2) is 11.0 Å². The fraction of sp³-hybridized carbons (Fsp3) is 0.762. The molecule has 1 aromatic rings. The molecule has 1 N–H and O–H groups in total. The molecule has 2 aliphatic carbocycles. The van der Waals surface area contributed by atoms with E-state index in [1.165, 1.54) is 32.2 Å². The Bertz CT molecular complexity index is 794. The predicted molar refractivity (Wildman–Crippen MR) is 103 cm³/mol. The van der Waals surface area contributed by atoms with Gasteiger partial charge in [0.25, 0.3) is 11.5 Å². The Morgan fingerprint density at radius 3 is 2.78 bits per heavy atom. The van der Waals surface area contributed by atoms with Gasteiger partial charge >= 0.3 is 0 Å². The average Bonchev–Trinajstić information content (AvgIpc) is 3.28. The van der Waals surface area contributed by atoms with Crippen LogP contribution in [0.25, 0.3) is 0 Å². The van der Waals surface area contributed by atoms with Crippen LogP contribution in [0.5, 0.6) is 0 Å². The third-order valence-electron chi connectivity index (χ3n) is 7.03. The molecule has 2 aliphatic heterocycles. The summed E-state index contributed by atoms with van der Waals surface area (Å²) in [7, 11) is 0. The summed E-state index contributed by atoms with van der Waals surface area (Å²) in [4.78, 5) is 32.1. The first-order chi connectivity index (χ1) is 13.1. The summed E-state index contributed by atoms with van der Waals surface area (Å²) in [6.45, 7) is 4.38. The van der Waals surface area contributed by atoms with Crippen LogP contribution in [0.4, 0.5) is 0 Å². The molecule has 3 heterocycles. The van der Waals surface area contributed by atoms with Crippen molar-refractivity contribution >= 4 is 5.91 Å². The van der Waals surface area contributed by atoms with Gasteiger partial charge in [-0.05, 0) is 44.6 Å². The molecule has 4 aliphatic rings. The molecule has 6 nitrogen and oxygen atoms in total. The van der Waals surface area contributed by atoms with Crippen molar-refractivity contribution in [1.82, 2.24) is 19.8 Å². The average molecular weight is 370 g/mol. The van der Waals surface area contributed by atoms with Crippen molar-refractivity contribution in [2.45, 2.75) is 70.4 Å². The number of carbonyl (C=O) groups excluding carboxylic acids is 1. The van der Waals surface area contributed by atoms with Gasteiger partial charge in [-0.1, -0.05) is 19.3 Å². The smallest absolute Gasteiger partial charge is 0.285 e. The monoisotopic (exact) mass is 370 g/mol. The zero-order chi connectivity index (χ0) is 18.4. The highest BCUT2D eigenvalue weighted by molar-refractivity contribution is 5.93. The highest BCUT2D eigenvalue weighted by Crippen LogP contribution is 2.41. The number of likely N-dealkylation sites (tertiary alicyclic amines) is 1. The van der Waals surface area contributed by atoms with E-state index in [4.69, 9.17) is 0 Å². The topological polar surface area (TPSA) is 67.2 Å². The van der Waals surface area contributed by atoms with Gasteiger partial charge in [0.1, 0.15) is 11.4 Å². The van der Waals surface area contributed by atoms with E-state index in [2.05, 4.69) is 19.8 Å². The molecular formula is C21H30N4O2. The lowest BCUT2D eigenvalue weighted by Crippen LogP contribution is -2.39. The highest BCUT2D eigenvalue weighted by atomic mass is 16.2. The number of hydrogen-bond acceptors (Lipinski definition) is 4. The zero-order valence-corrected chi connectivity index (χ0v) is 16.1. The molecule has 0 bridgehead atoms. The van der Waals surface area contributed by atoms with Gasteiger partial charge in [-0.3, -0.25) is 9.59 Å². The van der Waals surface area contributed by atoms with Gasteiger partial charge in [0, 0.05) is 43.7 Å². The van der Waals surface area contributed by atoms with Crippen LogP contribution in [0, 0.1) is 11.3 Å². The maximum Gasteiger partial charge on any atom is 0.285 e. The molecule has 1 unspecified atom stereocenters. The SMILES string of the molecule is O=C(NC1CCCCC1)c1cn2c(nc1=O)CC1(CCN(CC3CC3)C1)C2. The van der Waals surface area contributed by atoms with Gasteiger partial charge in [0.2, 0.25) is 0 Å². The molecule has 2 saturated carbocycles. The summed E-state index contributed by atoms with van der Waals surface area (Å²) in [5, 5.41) is 3.06. The molecule has 3 fully saturated rings. The molecule has 27 heavy (non-hydrogen) atoms. The summed E-state index contributed by atoms with van der Waals surface area (Å²) in [6.07, 6.45) is 12.2. The first kappa shape index (κ1) is 17.4. The Labute approximate surface area is 160 Å². The van der Waals surface area contributed by atoms with E-state index in [0.29, 0.717) is 0 Å². The standard InChI is InChI=1S/C21H30N4O2/c26-19(22-16-4-2-1-3-5-16)17-12-25-14-21(10-18(25)23-20(17)27)8-9-24(13-21)11-15-6-7-15/h12,15-16H,1-11,13-14H2,(H,22,26). The van der Waals surface area contributed by atoms with Crippen molar-refractivity contribution in [3.63, 3.8) is 0 Å². The second kappa shape index (κ2) is 6.73. The quantitative estimate of drug-likeness (QED) is 0.880. The van der Waals surface area contributed by atoms with E-state index in [1.807, 2.05) is 0 Å². The highest BCUT2D eigenvalue weighted by Gasteiger charge is 2.44. The Kier molecular flexibility index (Phi) is 4.34. The lowest BCUT2D eigenvalue weighted by atomic mass is 9.86. The Morgan fingerprint density at radius 1 is 1.19 bits per heavy atom. The maximum absolute atomic E-state index is 12.7. The number of aromatic nitrogens is 2. The predicted octanol–water partition coefficient (Wildman–Crippen LogP) is 1.96. The minimum atomic E-state index is -0.362. The fourth-order valence-corrected chi connectivity index (χ4v) is 5.35.